The number of aryl methyl sites for hydroxylation is 1. The molecule has 3 saturated heterocycles. The molecule has 1 N–H and O–H groups in total. The van der Waals surface area contributed by atoms with Crippen molar-refractivity contribution in [1.29, 1.82) is 0 Å². The van der Waals surface area contributed by atoms with Crippen molar-refractivity contribution in [2.75, 3.05) is 59.6 Å². The van der Waals surface area contributed by atoms with Crippen LogP contribution in [0.3, 0.4) is 0 Å². The summed E-state index contributed by atoms with van der Waals surface area (Å²) in [7, 11) is 1.64. The van der Waals surface area contributed by atoms with Crippen molar-refractivity contribution in [2.45, 2.75) is 116 Å². The molecule has 0 saturated carbocycles. The number of benzene rings is 4. The second-order valence-corrected chi connectivity index (χ2v) is 18.7. The number of hydrogen-bond donors (Lipinski definition) is 1. The number of carbonyl (C=O) groups excluding carboxylic acids is 2. The Bertz CT molecular complexity index is 2510. The van der Waals surface area contributed by atoms with Crippen LogP contribution in [-0.2, 0) is 27.3 Å². The maximum absolute atomic E-state index is 14.0. The van der Waals surface area contributed by atoms with Gasteiger partial charge in [0.05, 0.1) is 42.8 Å². The second kappa shape index (κ2) is 23.5. The maximum Gasteiger partial charge on any atom is 0.310 e. The SMILES string of the molecule is CCOc1ccccc1-n1c(C(C)N2CCN(C(=O)COc3ccc(CNCCCCCCN4C5CCCC4CC(OC(=O)Cc4cc(C)ccc4OC)C5)cc3)CC2)nc2ccccc2c1=O. The van der Waals surface area contributed by atoms with Gasteiger partial charge in [-0.25, -0.2) is 4.98 Å². The molecule has 3 aliphatic rings. The number of aromatic nitrogens is 2. The molecule has 0 aliphatic carbocycles. The summed E-state index contributed by atoms with van der Waals surface area (Å²) < 4.78 is 25.1. The van der Waals surface area contributed by atoms with Crippen molar-refractivity contribution in [1.82, 2.24) is 29.6 Å². The first kappa shape index (κ1) is 48.7. The van der Waals surface area contributed by atoms with Crippen LogP contribution in [0.15, 0.2) is 95.8 Å². The average molecular weight is 927 g/mol. The van der Waals surface area contributed by atoms with E-state index >= 15 is 0 Å². The van der Waals surface area contributed by atoms with Crippen LogP contribution in [0.4, 0.5) is 0 Å². The number of methoxy groups -OCH3 is 1. The summed E-state index contributed by atoms with van der Waals surface area (Å²) in [5.41, 5.74) is 4.36. The third-order valence-electron chi connectivity index (χ3n) is 14.1. The number of esters is 1. The molecule has 13 nitrogen and oxygen atoms in total. The predicted octanol–water partition coefficient (Wildman–Crippen LogP) is 8.21. The first-order chi connectivity index (χ1) is 33.2. The van der Waals surface area contributed by atoms with E-state index in [0.717, 1.165) is 55.8 Å². The molecule has 13 heteroatoms. The van der Waals surface area contributed by atoms with E-state index in [9.17, 15) is 14.4 Å². The second-order valence-electron chi connectivity index (χ2n) is 18.7. The molecule has 68 heavy (non-hydrogen) atoms. The molecule has 4 heterocycles. The van der Waals surface area contributed by atoms with Gasteiger partial charge in [-0.15, -0.1) is 0 Å². The summed E-state index contributed by atoms with van der Waals surface area (Å²) in [5.74, 6) is 2.48. The van der Waals surface area contributed by atoms with Crippen LogP contribution >= 0.6 is 0 Å². The Labute approximate surface area is 401 Å². The summed E-state index contributed by atoms with van der Waals surface area (Å²) in [6.45, 7) is 11.7. The van der Waals surface area contributed by atoms with E-state index in [1.807, 2.05) is 97.6 Å². The van der Waals surface area contributed by atoms with Crippen molar-refractivity contribution in [3.05, 3.63) is 124 Å². The van der Waals surface area contributed by atoms with E-state index in [0.29, 0.717) is 78.8 Å². The Morgan fingerprint density at radius 3 is 2.34 bits per heavy atom. The summed E-state index contributed by atoms with van der Waals surface area (Å²) in [6, 6.07) is 29.8. The van der Waals surface area contributed by atoms with E-state index in [1.54, 1.807) is 11.7 Å². The summed E-state index contributed by atoms with van der Waals surface area (Å²) in [6.07, 6.45) is 10.5. The minimum Gasteiger partial charge on any atom is -0.496 e. The molecule has 0 radical (unpaired) electrons. The minimum atomic E-state index is -0.197. The topological polar surface area (TPSA) is 128 Å². The predicted molar refractivity (Wildman–Crippen MR) is 266 cm³/mol. The van der Waals surface area contributed by atoms with Gasteiger partial charge in [0.2, 0.25) is 0 Å². The Balaban J connectivity index is 0.713. The Morgan fingerprint density at radius 1 is 0.838 bits per heavy atom. The van der Waals surface area contributed by atoms with Crippen LogP contribution in [0.5, 0.6) is 17.2 Å². The zero-order valence-electron chi connectivity index (χ0n) is 40.5. The zero-order chi connectivity index (χ0) is 47.4. The monoisotopic (exact) mass is 927 g/mol. The number of piperazine rings is 1. The van der Waals surface area contributed by atoms with Gasteiger partial charge in [0.1, 0.15) is 29.2 Å². The van der Waals surface area contributed by atoms with Crippen molar-refractivity contribution in [2.24, 2.45) is 0 Å². The number of amides is 1. The van der Waals surface area contributed by atoms with E-state index in [-0.39, 0.29) is 42.6 Å². The van der Waals surface area contributed by atoms with Crippen LogP contribution in [0.2, 0.25) is 0 Å². The number of para-hydroxylation sites is 3. The van der Waals surface area contributed by atoms with Gasteiger partial charge in [-0.2, -0.15) is 0 Å². The molecule has 3 unspecified atom stereocenters. The van der Waals surface area contributed by atoms with E-state index < -0.39 is 0 Å². The van der Waals surface area contributed by atoms with Gasteiger partial charge in [-0.05, 0) is 108 Å². The smallest absolute Gasteiger partial charge is 0.310 e. The fourth-order valence-electron chi connectivity index (χ4n) is 10.5. The van der Waals surface area contributed by atoms with Crippen LogP contribution < -0.4 is 25.1 Å². The number of nitrogens with zero attached hydrogens (tertiary/aromatic N) is 5. The van der Waals surface area contributed by atoms with Crippen molar-refractivity contribution in [3.63, 3.8) is 0 Å². The van der Waals surface area contributed by atoms with Gasteiger partial charge in [0, 0.05) is 63.2 Å². The molecule has 5 aromatic rings. The first-order valence-corrected chi connectivity index (χ1v) is 25.0. The largest absolute Gasteiger partial charge is 0.496 e. The van der Waals surface area contributed by atoms with Crippen LogP contribution in [-0.4, -0.2) is 114 Å². The normalized spacial score (nSPS) is 19.1. The van der Waals surface area contributed by atoms with Gasteiger partial charge < -0.3 is 29.2 Å². The van der Waals surface area contributed by atoms with Crippen LogP contribution in [0, 0.1) is 6.92 Å². The highest BCUT2D eigenvalue weighted by Gasteiger charge is 2.39. The number of piperidine rings is 2. The Kier molecular flexibility index (Phi) is 16.8. The number of nitrogens with one attached hydrogen (secondary N) is 1. The highest BCUT2D eigenvalue weighted by atomic mass is 16.5. The Morgan fingerprint density at radius 2 is 1.57 bits per heavy atom. The molecule has 4 aromatic carbocycles. The lowest BCUT2D eigenvalue weighted by Gasteiger charge is -2.48. The summed E-state index contributed by atoms with van der Waals surface area (Å²) >= 11 is 0. The van der Waals surface area contributed by atoms with Crippen LogP contribution in [0.25, 0.3) is 16.6 Å². The molecule has 3 atom stereocenters. The van der Waals surface area contributed by atoms with E-state index in [2.05, 4.69) is 34.2 Å². The lowest BCUT2D eigenvalue weighted by atomic mass is 9.82. The number of rotatable bonds is 21. The lowest BCUT2D eigenvalue weighted by molar-refractivity contribution is -0.154. The molecule has 1 aromatic heterocycles. The first-order valence-electron chi connectivity index (χ1n) is 25.0. The molecule has 362 valence electrons. The van der Waals surface area contributed by atoms with Crippen molar-refractivity contribution < 1.29 is 28.5 Å². The summed E-state index contributed by atoms with van der Waals surface area (Å²) in [5, 5.41) is 4.14. The third-order valence-corrected chi connectivity index (χ3v) is 14.1. The van der Waals surface area contributed by atoms with Gasteiger partial charge in [-0.3, -0.25) is 28.8 Å². The van der Waals surface area contributed by atoms with Gasteiger partial charge in [0.15, 0.2) is 6.61 Å². The molecule has 3 aliphatic heterocycles. The third kappa shape index (κ3) is 12.1. The van der Waals surface area contributed by atoms with Gasteiger partial charge >= 0.3 is 5.97 Å². The highest BCUT2D eigenvalue weighted by Crippen LogP contribution is 2.36. The molecule has 3 fully saturated rings. The van der Waals surface area contributed by atoms with Crippen molar-refractivity contribution in [3.8, 4) is 22.9 Å². The molecule has 2 bridgehead atoms. The standard InChI is InChI=1S/C55H70N6O7/c1-5-66-51-20-11-10-19-49(51)61-54(57-48-18-9-8-17-47(48)55(61)64)40(3)58-29-31-59(32-30-58)52(62)38-67-45-24-22-41(23-25-45)37-56-27-12-6-7-13-28-60-43-15-14-16-44(60)36-46(35-43)68-53(63)34-42-33-39(2)21-26-50(42)65-4/h8-11,17-26,33,40,43-44,46,56H,5-7,12-16,27-32,34-38H2,1-4H3. The lowest BCUT2D eigenvalue weighted by Crippen LogP contribution is -2.54. The van der Waals surface area contributed by atoms with Gasteiger partial charge in [0.25, 0.3) is 11.5 Å². The molecular formula is C55H70N6O7. The number of ether oxygens (including phenoxy) is 4. The highest BCUT2D eigenvalue weighted by molar-refractivity contribution is 5.79. The fraction of sp³-hybridized carbons (Fsp3) is 0.491. The molecular weight excluding hydrogens is 857 g/mol. The number of carbonyl (C=O) groups is 2. The average Bonchev–Trinajstić information content (AvgIpc) is 3.34. The fourth-order valence-corrected chi connectivity index (χ4v) is 10.5. The zero-order valence-corrected chi connectivity index (χ0v) is 40.5. The van der Waals surface area contributed by atoms with E-state index in [4.69, 9.17) is 23.9 Å². The molecule has 8 rings (SSSR count). The number of hydrogen-bond acceptors (Lipinski definition) is 11. The van der Waals surface area contributed by atoms with Crippen LogP contribution in [0.1, 0.15) is 100 Å². The van der Waals surface area contributed by atoms with Crippen molar-refractivity contribution >= 4 is 22.8 Å². The molecule has 0 spiro atoms. The number of fused-ring (bicyclic) bond motifs is 3. The minimum absolute atomic E-state index is 0.000948. The Hall–Kier alpha value is -5.76. The molecule has 1 amide bonds. The van der Waals surface area contributed by atoms with Gasteiger partial charge in [-0.1, -0.05) is 73.4 Å². The van der Waals surface area contributed by atoms with E-state index in [1.165, 1.54) is 44.1 Å². The summed E-state index contributed by atoms with van der Waals surface area (Å²) in [4.78, 5) is 52.2. The quantitative estimate of drug-likeness (QED) is 0.0565. The maximum atomic E-state index is 14.0. The number of unbranched alkanes of at least 4 members (excludes halogenated alkanes) is 3.